The molecule has 0 aliphatic heterocycles. The van der Waals surface area contributed by atoms with Gasteiger partial charge >= 0.3 is 0 Å². The summed E-state index contributed by atoms with van der Waals surface area (Å²) >= 11 is 7.02. The second kappa shape index (κ2) is 10.4. The molecule has 1 unspecified atom stereocenters. The third-order valence-electron chi connectivity index (χ3n) is 6.66. The Morgan fingerprint density at radius 1 is 1.26 bits per heavy atom. The highest BCUT2D eigenvalue weighted by Crippen LogP contribution is 2.39. The molecule has 1 aromatic carbocycles. The van der Waals surface area contributed by atoms with Crippen molar-refractivity contribution in [3.8, 4) is 22.9 Å². The largest absolute Gasteiger partial charge is 0.347 e. The van der Waals surface area contributed by atoms with Gasteiger partial charge in [-0.15, -0.1) is 0 Å². The van der Waals surface area contributed by atoms with Crippen LogP contribution in [0.1, 0.15) is 35.1 Å². The number of amides is 1. The van der Waals surface area contributed by atoms with Crippen molar-refractivity contribution in [1.82, 2.24) is 40.0 Å². The number of fused-ring (bicyclic) bond motifs is 1. The number of aromatic amines is 1. The van der Waals surface area contributed by atoms with Gasteiger partial charge in [-0.25, -0.2) is 19.3 Å². The van der Waals surface area contributed by atoms with E-state index < -0.39 is 29.8 Å². The highest BCUT2D eigenvalue weighted by atomic mass is 35.5. The van der Waals surface area contributed by atoms with Crippen LogP contribution in [0.15, 0.2) is 54.2 Å². The highest BCUT2D eigenvalue weighted by molar-refractivity contribution is 7.17. The molecule has 0 saturated heterocycles. The van der Waals surface area contributed by atoms with Gasteiger partial charge in [0.25, 0.3) is 5.91 Å². The lowest BCUT2D eigenvalue weighted by atomic mass is 9.85. The first-order chi connectivity index (χ1) is 19.0. The van der Waals surface area contributed by atoms with Gasteiger partial charge in [0, 0.05) is 17.0 Å². The third kappa shape index (κ3) is 4.69. The Kier molecular flexibility index (Phi) is 6.65. The van der Waals surface area contributed by atoms with E-state index in [9.17, 15) is 10.3 Å². The first-order valence-corrected chi connectivity index (χ1v) is 13.2. The van der Waals surface area contributed by atoms with Crippen LogP contribution in [0.2, 0.25) is 4.34 Å². The van der Waals surface area contributed by atoms with Gasteiger partial charge < -0.3 is 9.88 Å². The Labute approximate surface area is 228 Å². The summed E-state index contributed by atoms with van der Waals surface area (Å²) < 4.78 is 17.4. The number of azide groups is 1. The topological polar surface area (TPSA) is 163 Å². The number of nitrogens with one attached hydrogen (secondary N) is 2. The quantitative estimate of drug-likeness (QED) is 0.161. The molecule has 2 N–H and O–H groups in total. The number of benzene rings is 1. The molecule has 15 heteroatoms. The zero-order chi connectivity index (χ0) is 26.9. The molecule has 6 rings (SSSR count). The predicted molar refractivity (Wildman–Crippen MR) is 142 cm³/mol. The van der Waals surface area contributed by atoms with Crippen molar-refractivity contribution in [3.05, 3.63) is 74.7 Å². The lowest BCUT2D eigenvalue weighted by molar-refractivity contribution is 0.0910. The number of pyridine rings is 1. The Morgan fingerprint density at radius 2 is 2.13 bits per heavy atom. The molecule has 0 bridgehead atoms. The average molecular weight is 564 g/mol. The normalized spacial score (nSPS) is 19.1. The van der Waals surface area contributed by atoms with Crippen molar-refractivity contribution in [2.75, 3.05) is 0 Å². The molecule has 0 spiro atoms. The molecule has 1 amide bonds. The molecular formula is C24H19ClFN11OS. The first-order valence-electron chi connectivity index (χ1n) is 12.0. The molecule has 4 aromatic heterocycles. The fraction of sp³-hybridized carbons (Fsp3) is 0.250. The van der Waals surface area contributed by atoms with E-state index in [0.29, 0.717) is 52.0 Å². The predicted octanol–water partition coefficient (Wildman–Crippen LogP) is 5.33. The van der Waals surface area contributed by atoms with Crippen molar-refractivity contribution < 1.29 is 9.18 Å². The van der Waals surface area contributed by atoms with Gasteiger partial charge in [-0.05, 0) is 43.0 Å². The fourth-order valence-corrected chi connectivity index (χ4v) is 5.84. The number of imidazole rings is 1. The number of aromatic nitrogens is 7. The van der Waals surface area contributed by atoms with E-state index in [2.05, 4.69) is 40.5 Å². The molecule has 1 saturated carbocycles. The maximum absolute atomic E-state index is 15.1. The summed E-state index contributed by atoms with van der Waals surface area (Å²) in [6, 6.07) is 6.46. The minimum absolute atomic E-state index is 0.212. The van der Waals surface area contributed by atoms with Crippen molar-refractivity contribution in [2.24, 2.45) is 5.11 Å². The van der Waals surface area contributed by atoms with Gasteiger partial charge in [-0.1, -0.05) is 40.2 Å². The molecule has 5 aromatic rings. The van der Waals surface area contributed by atoms with Crippen LogP contribution in [0.4, 0.5) is 4.39 Å². The van der Waals surface area contributed by atoms with E-state index in [1.807, 2.05) is 4.57 Å². The second-order valence-electron chi connectivity index (χ2n) is 8.91. The van der Waals surface area contributed by atoms with E-state index in [0.717, 1.165) is 11.3 Å². The number of carbonyl (C=O) groups excluding carboxylic acids is 1. The van der Waals surface area contributed by atoms with Crippen LogP contribution in [0.5, 0.6) is 0 Å². The van der Waals surface area contributed by atoms with Crippen LogP contribution in [-0.4, -0.2) is 52.7 Å². The average Bonchev–Trinajstić information content (AvgIpc) is 3.70. The van der Waals surface area contributed by atoms with E-state index in [1.165, 1.54) is 18.6 Å². The van der Waals surface area contributed by atoms with Gasteiger partial charge in [0.05, 0.1) is 29.5 Å². The Balaban J connectivity index is 1.49. The molecule has 1 aliphatic rings. The van der Waals surface area contributed by atoms with Crippen LogP contribution in [0, 0.1) is 5.82 Å². The summed E-state index contributed by atoms with van der Waals surface area (Å²) in [6.07, 6.45) is 6.33. The van der Waals surface area contributed by atoms with Crippen molar-refractivity contribution >= 4 is 39.9 Å². The number of thiazole rings is 1. The molecule has 1 fully saturated rings. The van der Waals surface area contributed by atoms with Crippen LogP contribution in [0.3, 0.4) is 0 Å². The zero-order valence-electron chi connectivity index (χ0n) is 20.1. The smallest absolute Gasteiger partial charge is 0.280 e. The fourth-order valence-electron chi connectivity index (χ4n) is 5.02. The molecule has 0 radical (unpaired) electrons. The Hall–Kier alpha value is -4.39. The van der Waals surface area contributed by atoms with Crippen LogP contribution in [-0.2, 0) is 0 Å². The lowest BCUT2D eigenvalue weighted by Gasteiger charge is -2.37. The third-order valence-corrected chi connectivity index (χ3v) is 7.77. The SMILES string of the molecule is [N-]=[N+]=NC1[C@@H](NC(=O)c2ncc(Cl)s2)CCC[C@H]1n1c(-c2ccccc2F)nc2cnc(-c3nc[nH]n3)cc21. The van der Waals surface area contributed by atoms with Crippen molar-refractivity contribution in [2.45, 2.75) is 37.4 Å². The van der Waals surface area contributed by atoms with Gasteiger partial charge in [-0.3, -0.25) is 14.9 Å². The molecule has 3 atom stereocenters. The van der Waals surface area contributed by atoms with Gasteiger partial charge in [0.2, 0.25) is 0 Å². The number of carbonyl (C=O) groups is 1. The monoisotopic (exact) mass is 563 g/mol. The number of hydrogen-bond donors (Lipinski definition) is 2. The summed E-state index contributed by atoms with van der Waals surface area (Å²) in [5.74, 6) is -0.104. The van der Waals surface area contributed by atoms with Gasteiger partial charge in [-0.2, -0.15) is 5.10 Å². The van der Waals surface area contributed by atoms with Crippen LogP contribution in [0.25, 0.3) is 44.4 Å². The number of rotatable bonds is 6. The number of halogens is 2. The van der Waals surface area contributed by atoms with Crippen molar-refractivity contribution in [1.29, 1.82) is 0 Å². The maximum Gasteiger partial charge on any atom is 0.280 e. The summed E-state index contributed by atoms with van der Waals surface area (Å²) in [7, 11) is 0. The lowest BCUT2D eigenvalue weighted by Crippen LogP contribution is -2.48. The molecule has 1 aliphatic carbocycles. The number of nitrogens with zero attached hydrogens (tertiary/aromatic N) is 9. The molecule has 12 nitrogen and oxygen atoms in total. The van der Waals surface area contributed by atoms with E-state index in [1.54, 1.807) is 30.5 Å². The molecule has 196 valence electrons. The van der Waals surface area contributed by atoms with Crippen LogP contribution >= 0.6 is 22.9 Å². The van der Waals surface area contributed by atoms with Crippen LogP contribution < -0.4 is 5.32 Å². The van der Waals surface area contributed by atoms with E-state index in [4.69, 9.17) is 16.6 Å². The summed E-state index contributed by atoms with van der Waals surface area (Å²) in [5, 5.41) is 14.1. The maximum atomic E-state index is 15.1. The minimum Gasteiger partial charge on any atom is -0.347 e. The zero-order valence-corrected chi connectivity index (χ0v) is 21.6. The number of H-pyrrole nitrogens is 1. The Morgan fingerprint density at radius 3 is 2.87 bits per heavy atom. The summed E-state index contributed by atoms with van der Waals surface area (Å²) in [4.78, 5) is 33.5. The van der Waals surface area contributed by atoms with Gasteiger partial charge in [0.15, 0.2) is 10.8 Å². The second-order valence-corrected chi connectivity index (χ2v) is 10.6. The van der Waals surface area contributed by atoms with Gasteiger partial charge in [0.1, 0.15) is 33.5 Å². The van der Waals surface area contributed by atoms with Crippen molar-refractivity contribution in [3.63, 3.8) is 0 Å². The standard InChI is InChI=1S/C24H19ClFN11OS/c25-19-10-29-24(39-19)23(38)33-14-6-3-7-17(20(14)34-36-27)37-18-8-15(21-30-11-31-35-21)28-9-16(18)32-22(37)12-4-1-2-5-13(12)26/h1-2,4-5,8-11,14,17,20H,3,6-7H2,(H,33,38)(H,30,31,35)/t14-,17+,20?/m0/s1. The molecular weight excluding hydrogens is 545 g/mol. The molecule has 4 heterocycles. The minimum atomic E-state index is -0.703. The summed E-state index contributed by atoms with van der Waals surface area (Å²) in [5.41, 5.74) is 11.5. The van der Waals surface area contributed by atoms with E-state index >= 15 is 4.39 Å². The Bertz CT molecular complexity index is 1710. The number of hydrogen-bond acceptors (Lipinski definition) is 8. The molecule has 39 heavy (non-hydrogen) atoms. The van der Waals surface area contributed by atoms with E-state index in [-0.39, 0.29) is 10.6 Å². The summed E-state index contributed by atoms with van der Waals surface area (Å²) in [6.45, 7) is 0. The highest BCUT2D eigenvalue weighted by Gasteiger charge is 2.37. The first kappa shape index (κ1) is 24.9.